The van der Waals surface area contributed by atoms with Crippen molar-refractivity contribution in [1.82, 2.24) is 0 Å². The molecule has 0 amide bonds. The molecule has 66 valence electrons. The number of Topliss-reactive ketones (excluding diaryl/α,β-unsaturated/α-hetero) is 1. The summed E-state index contributed by atoms with van der Waals surface area (Å²) < 4.78 is 0. The third-order valence-corrected chi connectivity index (χ3v) is 1.52. The van der Waals surface area contributed by atoms with Gasteiger partial charge in [-0.1, -0.05) is 20.8 Å². The van der Waals surface area contributed by atoms with Gasteiger partial charge in [0.15, 0.2) is 0 Å². The number of hydrogen-bond acceptors (Lipinski definition) is 2. The molecule has 0 aliphatic carbocycles. The highest BCUT2D eigenvalue weighted by atomic mass is 16.3. The van der Waals surface area contributed by atoms with Gasteiger partial charge in [-0.2, -0.15) is 0 Å². The summed E-state index contributed by atoms with van der Waals surface area (Å²) in [6.45, 7) is 6.06. The number of hydrogen-bond donors (Lipinski definition) is 1. The molecule has 0 saturated carbocycles. The molecular weight excluding hydrogens is 140 g/mol. The van der Waals surface area contributed by atoms with E-state index in [1.807, 2.05) is 20.8 Å². The monoisotopic (exact) mass is 158 g/mol. The van der Waals surface area contributed by atoms with E-state index in [0.717, 1.165) is 0 Å². The van der Waals surface area contributed by atoms with E-state index in [1.54, 1.807) is 0 Å². The van der Waals surface area contributed by atoms with E-state index in [-0.39, 0.29) is 18.3 Å². The van der Waals surface area contributed by atoms with E-state index >= 15 is 0 Å². The minimum Gasteiger partial charge on any atom is -0.396 e. The summed E-state index contributed by atoms with van der Waals surface area (Å²) in [5, 5.41) is 8.67. The van der Waals surface area contributed by atoms with Gasteiger partial charge in [0, 0.05) is 19.4 Å². The summed E-state index contributed by atoms with van der Waals surface area (Å²) in [5.74, 6) is 0.830. The van der Waals surface area contributed by atoms with Crippen molar-refractivity contribution in [2.45, 2.75) is 33.6 Å². The molecule has 0 heterocycles. The average molecular weight is 158 g/mol. The molecule has 0 saturated heterocycles. The van der Waals surface area contributed by atoms with Crippen LogP contribution in [-0.4, -0.2) is 17.5 Å². The summed E-state index contributed by atoms with van der Waals surface area (Å²) in [6, 6.07) is 0. The van der Waals surface area contributed by atoms with Crippen LogP contribution in [0.1, 0.15) is 33.6 Å². The molecule has 0 bridgehead atoms. The number of rotatable bonds is 5. The van der Waals surface area contributed by atoms with E-state index in [9.17, 15) is 4.79 Å². The van der Waals surface area contributed by atoms with Crippen LogP contribution in [0.4, 0.5) is 0 Å². The number of carbonyl (C=O) groups excluding carboxylic acids is 1. The van der Waals surface area contributed by atoms with Crippen LogP contribution in [-0.2, 0) is 4.79 Å². The molecule has 0 rings (SSSR count). The lowest BCUT2D eigenvalue weighted by Crippen LogP contribution is -2.10. The summed E-state index contributed by atoms with van der Waals surface area (Å²) >= 11 is 0. The van der Waals surface area contributed by atoms with E-state index in [2.05, 4.69) is 0 Å². The molecule has 0 spiro atoms. The normalized spacial score (nSPS) is 13.5. The van der Waals surface area contributed by atoms with Crippen molar-refractivity contribution in [3.8, 4) is 0 Å². The average Bonchev–Trinajstić information content (AvgIpc) is 1.85. The third kappa shape index (κ3) is 6.05. The number of aliphatic hydroxyl groups excluding tert-OH is 1. The van der Waals surface area contributed by atoms with Gasteiger partial charge in [0.2, 0.25) is 0 Å². The van der Waals surface area contributed by atoms with Crippen molar-refractivity contribution >= 4 is 5.78 Å². The van der Waals surface area contributed by atoms with Crippen LogP contribution in [0.3, 0.4) is 0 Å². The highest BCUT2D eigenvalue weighted by molar-refractivity contribution is 5.78. The van der Waals surface area contributed by atoms with Gasteiger partial charge in [0.25, 0.3) is 0 Å². The first kappa shape index (κ1) is 10.6. The lowest BCUT2D eigenvalue weighted by atomic mass is 9.99. The van der Waals surface area contributed by atoms with Crippen molar-refractivity contribution in [2.24, 2.45) is 11.8 Å². The second kappa shape index (κ2) is 5.30. The Morgan fingerprint density at radius 2 is 1.82 bits per heavy atom. The van der Waals surface area contributed by atoms with Crippen LogP contribution in [0.25, 0.3) is 0 Å². The van der Waals surface area contributed by atoms with E-state index in [0.29, 0.717) is 18.8 Å². The molecule has 1 N–H and O–H groups in total. The summed E-state index contributed by atoms with van der Waals surface area (Å²) in [7, 11) is 0. The highest BCUT2D eigenvalue weighted by Gasteiger charge is 2.09. The largest absolute Gasteiger partial charge is 0.396 e. The van der Waals surface area contributed by atoms with Crippen molar-refractivity contribution in [3.63, 3.8) is 0 Å². The second-order valence-electron chi connectivity index (χ2n) is 3.63. The van der Waals surface area contributed by atoms with Crippen LogP contribution >= 0.6 is 0 Å². The summed E-state index contributed by atoms with van der Waals surface area (Å²) in [4.78, 5) is 11.1. The van der Waals surface area contributed by atoms with Crippen LogP contribution in [0.15, 0.2) is 0 Å². The second-order valence-corrected chi connectivity index (χ2v) is 3.63. The first-order valence-corrected chi connectivity index (χ1v) is 4.18. The fourth-order valence-electron chi connectivity index (χ4n) is 0.992. The predicted molar refractivity (Wildman–Crippen MR) is 45.3 cm³/mol. The molecule has 0 aliphatic heterocycles. The summed E-state index contributed by atoms with van der Waals surface area (Å²) in [5.41, 5.74) is 0. The predicted octanol–water partition coefficient (Wildman–Crippen LogP) is 1.62. The Morgan fingerprint density at radius 1 is 1.27 bits per heavy atom. The fraction of sp³-hybridized carbons (Fsp3) is 0.889. The maximum absolute atomic E-state index is 11.1. The summed E-state index contributed by atoms with van der Waals surface area (Å²) in [6.07, 6.45) is 1.17. The van der Waals surface area contributed by atoms with Gasteiger partial charge >= 0.3 is 0 Å². The van der Waals surface area contributed by atoms with Crippen LogP contribution < -0.4 is 0 Å². The van der Waals surface area contributed by atoms with E-state index < -0.39 is 0 Å². The lowest BCUT2D eigenvalue weighted by molar-refractivity contribution is -0.120. The molecule has 0 aromatic rings. The van der Waals surface area contributed by atoms with Crippen LogP contribution in [0, 0.1) is 11.8 Å². The van der Waals surface area contributed by atoms with Gasteiger partial charge in [0.05, 0.1) is 0 Å². The Labute approximate surface area is 68.6 Å². The first-order chi connectivity index (χ1) is 5.06. The Hall–Kier alpha value is -0.370. The zero-order valence-electron chi connectivity index (χ0n) is 7.63. The number of aliphatic hydroxyl groups is 1. The minimum atomic E-state index is 0.115. The smallest absolute Gasteiger partial charge is 0.133 e. The van der Waals surface area contributed by atoms with Crippen molar-refractivity contribution in [3.05, 3.63) is 0 Å². The Bertz CT molecular complexity index is 119. The molecule has 11 heavy (non-hydrogen) atoms. The maximum Gasteiger partial charge on any atom is 0.133 e. The van der Waals surface area contributed by atoms with Crippen molar-refractivity contribution in [1.29, 1.82) is 0 Å². The van der Waals surface area contributed by atoms with Crippen LogP contribution in [0.5, 0.6) is 0 Å². The van der Waals surface area contributed by atoms with E-state index in [4.69, 9.17) is 5.11 Å². The molecule has 2 nitrogen and oxygen atoms in total. The molecule has 0 aromatic heterocycles. The molecule has 0 aliphatic rings. The molecule has 1 unspecified atom stereocenters. The lowest BCUT2D eigenvalue weighted by Gasteiger charge is -2.07. The van der Waals surface area contributed by atoms with Gasteiger partial charge in [-0.3, -0.25) is 4.79 Å². The standard InChI is InChI=1S/C9H18O2/c1-7(2)4-9(11)5-8(3)6-10/h7-8,10H,4-6H2,1-3H3. The minimum absolute atomic E-state index is 0.115. The molecule has 1 atom stereocenters. The zero-order chi connectivity index (χ0) is 8.85. The van der Waals surface area contributed by atoms with Gasteiger partial charge in [-0.05, 0) is 11.8 Å². The molecule has 0 fully saturated rings. The van der Waals surface area contributed by atoms with Crippen molar-refractivity contribution < 1.29 is 9.90 Å². The first-order valence-electron chi connectivity index (χ1n) is 4.18. The van der Waals surface area contributed by atoms with Crippen molar-refractivity contribution in [2.75, 3.05) is 6.61 Å². The Balaban J connectivity index is 3.52. The topological polar surface area (TPSA) is 37.3 Å². The SMILES string of the molecule is CC(C)CC(=O)CC(C)CO. The highest BCUT2D eigenvalue weighted by Crippen LogP contribution is 2.07. The Kier molecular flexibility index (Phi) is 5.12. The van der Waals surface area contributed by atoms with Gasteiger partial charge < -0.3 is 5.11 Å². The van der Waals surface area contributed by atoms with Gasteiger partial charge in [0.1, 0.15) is 5.78 Å². The zero-order valence-corrected chi connectivity index (χ0v) is 7.63. The third-order valence-electron chi connectivity index (χ3n) is 1.52. The van der Waals surface area contributed by atoms with Crippen LogP contribution in [0.2, 0.25) is 0 Å². The van der Waals surface area contributed by atoms with E-state index in [1.165, 1.54) is 0 Å². The number of carbonyl (C=O) groups is 1. The molecular formula is C9H18O2. The fourth-order valence-corrected chi connectivity index (χ4v) is 0.992. The number of ketones is 1. The quantitative estimate of drug-likeness (QED) is 0.660. The molecule has 0 radical (unpaired) electrons. The van der Waals surface area contributed by atoms with Gasteiger partial charge in [-0.25, -0.2) is 0 Å². The Morgan fingerprint density at radius 3 is 2.18 bits per heavy atom. The van der Waals surface area contributed by atoms with Gasteiger partial charge in [-0.15, -0.1) is 0 Å². The maximum atomic E-state index is 11.1. The molecule has 2 heteroatoms. The molecule has 0 aromatic carbocycles.